The number of nitrogens with one attached hydrogen (secondary N) is 1. The second-order valence-corrected chi connectivity index (χ2v) is 6.38. The lowest BCUT2D eigenvalue weighted by Gasteiger charge is -2.22. The van der Waals surface area contributed by atoms with Gasteiger partial charge in [-0.25, -0.2) is 4.39 Å². The summed E-state index contributed by atoms with van der Waals surface area (Å²) in [5, 5.41) is 12.0. The summed E-state index contributed by atoms with van der Waals surface area (Å²) in [6.07, 6.45) is 4.60. The Bertz CT molecular complexity index is 745. The van der Waals surface area contributed by atoms with E-state index in [0.29, 0.717) is 13.1 Å². The quantitative estimate of drug-likeness (QED) is 0.423. The molecule has 6 nitrogen and oxygen atoms in total. The second-order valence-electron chi connectivity index (χ2n) is 6.38. The van der Waals surface area contributed by atoms with E-state index in [4.69, 9.17) is 0 Å². The second kappa shape index (κ2) is 9.84. The minimum Gasteiger partial charge on any atom is -0.349 e. The van der Waals surface area contributed by atoms with Gasteiger partial charge in [0.15, 0.2) is 11.8 Å². The minimum atomic E-state index is -0.222. The van der Waals surface area contributed by atoms with Crippen molar-refractivity contribution in [1.82, 2.24) is 25.0 Å². The lowest BCUT2D eigenvalue weighted by Crippen LogP contribution is -2.38. The molecule has 8 heteroatoms. The van der Waals surface area contributed by atoms with Crippen LogP contribution < -0.4 is 5.32 Å². The summed E-state index contributed by atoms with van der Waals surface area (Å²) in [6.45, 7) is 2.14. The van der Waals surface area contributed by atoms with Crippen molar-refractivity contribution in [3.8, 4) is 0 Å². The molecule has 142 valence electrons. The molecule has 1 aliphatic rings. The Labute approximate surface area is 170 Å². The summed E-state index contributed by atoms with van der Waals surface area (Å²) in [5.41, 5.74) is 0.904. The third-order valence-electron chi connectivity index (χ3n) is 4.47. The maximum atomic E-state index is 13.3. The van der Waals surface area contributed by atoms with E-state index in [1.165, 1.54) is 25.3 Å². The molecule has 1 aromatic carbocycles. The lowest BCUT2D eigenvalue weighted by molar-refractivity contribution is 0.471. The van der Waals surface area contributed by atoms with E-state index in [2.05, 4.69) is 25.1 Å². The zero-order valence-electron chi connectivity index (χ0n) is 15.3. The van der Waals surface area contributed by atoms with Crippen molar-refractivity contribution in [2.24, 2.45) is 4.99 Å². The number of aromatic nitrogens is 3. The fourth-order valence-corrected chi connectivity index (χ4v) is 3.20. The van der Waals surface area contributed by atoms with Crippen LogP contribution in [0.5, 0.6) is 0 Å². The molecule has 0 radical (unpaired) electrons. The Balaban J connectivity index is 0.00000243. The Morgan fingerprint density at radius 1 is 1.31 bits per heavy atom. The molecule has 0 spiro atoms. The molecule has 2 heterocycles. The molecule has 1 aromatic heterocycles. The maximum Gasteiger partial charge on any atom is 0.194 e. The van der Waals surface area contributed by atoms with Crippen LogP contribution in [-0.2, 0) is 26.1 Å². The highest BCUT2D eigenvalue weighted by Crippen LogP contribution is 2.14. The van der Waals surface area contributed by atoms with Gasteiger partial charge in [0.1, 0.15) is 11.6 Å². The van der Waals surface area contributed by atoms with E-state index < -0.39 is 0 Å². The van der Waals surface area contributed by atoms with E-state index in [9.17, 15) is 4.39 Å². The van der Waals surface area contributed by atoms with Gasteiger partial charge < -0.3 is 14.8 Å². The molecular formula is C18H26FIN6. The first-order chi connectivity index (χ1) is 12.2. The number of nitrogens with zero attached hydrogens (tertiary/aromatic N) is 5. The zero-order valence-corrected chi connectivity index (χ0v) is 17.6. The van der Waals surface area contributed by atoms with Crippen LogP contribution in [0.15, 0.2) is 29.3 Å². The average molecular weight is 472 g/mol. The lowest BCUT2D eigenvalue weighted by atomic mass is 10.2. The third-order valence-corrected chi connectivity index (χ3v) is 4.47. The van der Waals surface area contributed by atoms with E-state index in [1.54, 1.807) is 19.2 Å². The van der Waals surface area contributed by atoms with Gasteiger partial charge >= 0.3 is 0 Å². The Kier molecular flexibility index (Phi) is 7.80. The largest absolute Gasteiger partial charge is 0.349 e. The fraction of sp³-hybridized carbons (Fsp3) is 0.500. The Morgan fingerprint density at radius 3 is 2.92 bits per heavy atom. The van der Waals surface area contributed by atoms with Gasteiger partial charge in [-0.3, -0.25) is 4.99 Å². The van der Waals surface area contributed by atoms with Crippen molar-refractivity contribution in [3.63, 3.8) is 0 Å². The van der Waals surface area contributed by atoms with Crippen LogP contribution in [0.2, 0.25) is 0 Å². The van der Waals surface area contributed by atoms with Crippen LogP contribution in [0.4, 0.5) is 4.39 Å². The first-order valence-corrected chi connectivity index (χ1v) is 8.74. The predicted octanol–water partition coefficient (Wildman–Crippen LogP) is 2.97. The van der Waals surface area contributed by atoms with Crippen molar-refractivity contribution in [1.29, 1.82) is 0 Å². The molecule has 0 aliphatic carbocycles. The SMILES string of the molecule is CN=C(NCc1nnc2n1CCCCC2)N(C)Cc1cccc(F)c1.I. The van der Waals surface area contributed by atoms with Crippen molar-refractivity contribution in [2.75, 3.05) is 14.1 Å². The third kappa shape index (κ3) is 5.15. The van der Waals surface area contributed by atoms with Crippen LogP contribution in [0, 0.1) is 5.82 Å². The average Bonchev–Trinajstić information content (AvgIpc) is 2.83. The van der Waals surface area contributed by atoms with Gasteiger partial charge in [-0.1, -0.05) is 18.6 Å². The summed E-state index contributed by atoms with van der Waals surface area (Å²) in [6, 6.07) is 6.63. The molecule has 0 unspecified atom stereocenters. The summed E-state index contributed by atoms with van der Waals surface area (Å²) in [4.78, 5) is 6.28. The van der Waals surface area contributed by atoms with Crippen molar-refractivity contribution < 1.29 is 4.39 Å². The standard InChI is InChI=1S/C18H25FN6.HI/c1-20-18(24(2)13-14-7-6-8-15(19)11-14)21-12-17-23-22-16-9-4-3-5-10-25(16)17;/h6-8,11H,3-5,9-10,12-13H2,1-2H3,(H,20,21);1H. The molecule has 0 saturated heterocycles. The predicted molar refractivity (Wildman–Crippen MR) is 111 cm³/mol. The van der Waals surface area contributed by atoms with Crippen LogP contribution in [0.3, 0.4) is 0 Å². The number of rotatable bonds is 4. The van der Waals surface area contributed by atoms with Crippen LogP contribution in [-0.4, -0.2) is 39.7 Å². The fourth-order valence-electron chi connectivity index (χ4n) is 3.20. The van der Waals surface area contributed by atoms with Crippen molar-refractivity contribution in [3.05, 3.63) is 47.3 Å². The molecular weight excluding hydrogens is 446 g/mol. The number of aryl methyl sites for hydroxylation is 1. The highest BCUT2D eigenvalue weighted by atomic mass is 127. The van der Waals surface area contributed by atoms with Crippen LogP contribution in [0.1, 0.15) is 36.5 Å². The van der Waals surface area contributed by atoms with Crippen molar-refractivity contribution in [2.45, 2.75) is 45.3 Å². The van der Waals surface area contributed by atoms with Gasteiger partial charge in [-0.2, -0.15) is 0 Å². The van der Waals surface area contributed by atoms with E-state index in [0.717, 1.165) is 36.1 Å². The van der Waals surface area contributed by atoms with E-state index in [-0.39, 0.29) is 29.8 Å². The van der Waals surface area contributed by atoms with Crippen LogP contribution in [0.25, 0.3) is 0 Å². The van der Waals surface area contributed by atoms with Crippen LogP contribution >= 0.6 is 24.0 Å². The molecule has 2 aromatic rings. The number of hydrogen-bond acceptors (Lipinski definition) is 3. The molecule has 26 heavy (non-hydrogen) atoms. The van der Waals surface area contributed by atoms with Gasteiger partial charge in [0.2, 0.25) is 0 Å². The summed E-state index contributed by atoms with van der Waals surface area (Å²) in [5.74, 6) is 2.55. The maximum absolute atomic E-state index is 13.3. The molecule has 0 amide bonds. The molecule has 0 fully saturated rings. The van der Waals surface area contributed by atoms with E-state index in [1.807, 2.05) is 18.0 Å². The molecule has 3 rings (SSSR count). The van der Waals surface area contributed by atoms with Gasteiger partial charge in [0.25, 0.3) is 0 Å². The minimum absolute atomic E-state index is 0. The molecule has 0 saturated carbocycles. The molecule has 1 aliphatic heterocycles. The molecule has 1 N–H and O–H groups in total. The van der Waals surface area contributed by atoms with E-state index >= 15 is 0 Å². The smallest absolute Gasteiger partial charge is 0.194 e. The topological polar surface area (TPSA) is 58.3 Å². The summed E-state index contributed by atoms with van der Waals surface area (Å²) in [7, 11) is 3.68. The zero-order chi connectivity index (χ0) is 17.6. The number of benzene rings is 1. The first kappa shape index (κ1) is 20.6. The first-order valence-electron chi connectivity index (χ1n) is 8.74. The highest BCUT2D eigenvalue weighted by molar-refractivity contribution is 14.0. The molecule has 0 bridgehead atoms. The number of halogens is 2. The van der Waals surface area contributed by atoms with Gasteiger partial charge in [-0.05, 0) is 30.5 Å². The van der Waals surface area contributed by atoms with Gasteiger partial charge in [0.05, 0.1) is 6.54 Å². The Hall–Kier alpha value is -1.71. The number of guanidine groups is 1. The summed E-state index contributed by atoms with van der Waals surface area (Å²) < 4.78 is 15.6. The highest BCUT2D eigenvalue weighted by Gasteiger charge is 2.15. The molecule has 0 atom stereocenters. The van der Waals surface area contributed by atoms with Crippen molar-refractivity contribution >= 4 is 29.9 Å². The monoisotopic (exact) mass is 472 g/mol. The van der Waals surface area contributed by atoms with Gasteiger partial charge in [0, 0.05) is 33.6 Å². The normalized spacial score (nSPS) is 14.2. The summed E-state index contributed by atoms with van der Waals surface area (Å²) >= 11 is 0. The Morgan fingerprint density at radius 2 is 2.15 bits per heavy atom. The van der Waals surface area contributed by atoms with Gasteiger partial charge in [-0.15, -0.1) is 34.2 Å². The number of aliphatic imine (C=N–C) groups is 1. The number of fused-ring (bicyclic) bond motifs is 1. The number of hydrogen-bond donors (Lipinski definition) is 1.